The molecule has 1 rings (SSSR count). The highest BCUT2D eigenvalue weighted by molar-refractivity contribution is 7.86. The topological polar surface area (TPSA) is 83.9 Å². The van der Waals surface area contributed by atoms with Crippen LogP contribution in [0.25, 0.3) is 0 Å². The molecule has 2 unspecified atom stereocenters. The van der Waals surface area contributed by atoms with Gasteiger partial charge < -0.3 is 10.0 Å². The summed E-state index contributed by atoms with van der Waals surface area (Å²) in [5.74, 6) is -0.152. The largest absolute Gasteiger partial charge is 0.465 e. The van der Waals surface area contributed by atoms with Crippen LogP contribution in [-0.4, -0.2) is 50.0 Å². The zero-order valence-electron chi connectivity index (χ0n) is 11.9. The van der Waals surface area contributed by atoms with Gasteiger partial charge >= 0.3 is 6.09 Å². The van der Waals surface area contributed by atoms with Crippen molar-refractivity contribution < 1.29 is 22.5 Å². The minimum absolute atomic E-state index is 0.152. The molecular weight excluding hydrogens is 270 g/mol. The normalized spacial score (nSPS) is 26.0. The molecular formula is C12H23NO5S. The molecule has 1 saturated heterocycles. The third kappa shape index (κ3) is 4.99. The number of amides is 1. The highest BCUT2D eigenvalue weighted by Crippen LogP contribution is 2.35. The van der Waals surface area contributed by atoms with Crippen LogP contribution < -0.4 is 0 Å². The van der Waals surface area contributed by atoms with E-state index in [-0.39, 0.29) is 11.3 Å². The average molecular weight is 293 g/mol. The monoisotopic (exact) mass is 293 g/mol. The molecule has 1 amide bonds. The van der Waals surface area contributed by atoms with Crippen molar-refractivity contribution in [2.75, 3.05) is 19.3 Å². The van der Waals surface area contributed by atoms with Gasteiger partial charge in [-0.25, -0.2) is 4.79 Å². The van der Waals surface area contributed by atoms with E-state index in [0.29, 0.717) is 25.9 Å². The van der Waals surface area contributed by atoms with Crippen LogP contribution in [0.4, 0.5) is 4.79 Å². The second-order valence-electron chi connectivity index (χ2n) is 6.18. The van der Waals surface area contributed by atoms with Crippen molar-refractivity contribution in [2.45, 2.75) is 39.7 Å². The molecule has 0 bridgehead atoms. The molecule has 6 nitrogen and oxygen atoms in total. The second kappa shape index (κ2) is 5.66. The summed E-state index contributed by atoms with van der Waals surface area (Å²) in [6, 6.07) is 0. The molecule has 1 heterocycles. The van der Waals surface area contributed by atoms with Crippen LogP contribution in [0.5, 0.6) is 0 Å². The van der Waals surface area contributed by atoms with Crippen LogP contribution in [0, 0.1) is 11.3 Å². The molecule has 19 heavy (non-hydrogen) atoms. The van der Waals surface area contributed by atoms with E-state index in [4.69, 9.17) is 9.29 Å². The van der Waals surface area contributed by atoms with Crippen molar-refractivity contribution in [3.8, 4) is 0 Å². The SMILES string of the molecule is CC(C)(C)C1CN(C(=O)O)CCCC1OS(C)(=O)=O. The van der Waals surface area contributed by atoms with Crippen molar-refractivity contribution in [2.24, 2.45) is 11.3 Å². The molecule has 1 aliphatic heterocycles. The van der Waals surface area contributed by atoms with Gasteiger partial charge in [0, 0.05) is 19.0 Å². The lowest BCUT2D eigenvalue weighted by molar-refractivity contribution is 0.0520. The predicted octanol–water partition coefficient (Wildman–Crippen LogP) is 1.77. The molecule has 0 spiro atoms. The van der Waals surface area contributed by atoms with Crippen LogP contribution in [0.2, 0.25) is 0 Å². The summed E-state index contributed by atoms with van der Waals surface area (Å²) < 4.78 is 27.9. The molecule has 1 aliphatic rings. The Labute approximate surface area is 114 Å². The lowest BCUT2D eigenvalue weighted by Crippen LogP contribution is -2.42. The van der Waals surface area contributed by atoms with Crippen LogP contribution in [-0.2, 0) is 14.3 Å². The quantitative estimate of drug-likeness (QED) is 0.784. The molecule has 0 aromatic heterocycles. The zero-order valence-corrected chi connectivity index (χ0v) is 12.7. The van der Waals surface area contributed by atoms with E-state index in [1.54, 1.807) is 0 Å². The van der Waals surface area contributed by atoms with Crippen LogP contribution in [0.3, 0.4) is 0 Å². The summed E-state index contributed by atoms with van der Waals surface area (Å²) >= 11 is 0. The molecule has 7 heteroatoms. The molecule has 1 fully saturated rings. The minimum Gasteiger partial charge on any atom is -0.465 e. The first-order valence-corrected chi connectivity index (χ1v) is 8.18. The summed E-state index contributed by atoms with van der Waals surface area (Å²) in [6.45, 7) is 6.65. The van der Waals surface area contributed by atoms with Gasteiger partial charge in [0.1, 0.15) is 0 Å². The Morgan fingerprint density at radius 2 is 1.95 bits per heavy atom. The zero-order chi connectivity index (χ0) is 14.8. The maximum atomic E-state index is 11.3. The number of hydrogen-bond acceptors (Lipinski definition) is 4. The lowest BCUT2D eigenvalue weighted by atomic mass is 9.76. The molecule has 0 aliphatic carbocycles. The van der Waals surface area contributed by atoms with Gasteiger partial charge in [0.25, 0.3) is 10.1 Å². The molecule has 0 radical (unpaired) electrons. The smallest absolute Gasteiger partial charge is 0.407 e. The van der Waals surface area contributed by atoms with Gasteiger partial charge in [-0.15, -0.1) is 0 Å². The van der Waals surface area contributed by atoms with Crippen molar-refractivity contribution in [1.82, 2.24) is 4.90 Å². The number of hydrogen-bond donors (Lipinski definition) is 1. The molecule has 0 aromatic carbocycles. The third-order valence-electron chi connectivity index (χ3n) is 3.46. The van der Waals surface area contributed by atoms with Gasteiger partial charge in [0.15, 0.2) is 0 Å². The van der Waals surface area contributed by atoms with Gasteiger partial charge in [-0.05, 0) is 18.3 Å². The Morgan fingerprint density at radius 1 is 1.37 bits per heavy atom. The predicted molar refractivity (Wildman–Crippen MR) is 71.5 cm³/mol. The van der Waals surface area contributed by atoms with Gasteiger partial charge in [-0.2, -0.15) is 8.42 Å². The number of rotatable bonds is 2. The third-order valence-corrected chi connectivity index (χ3v) is 4.06. The Bertz CT molecular complexity index is 426. The van der Waals surface area contributed by atoms with E-state index in [1.165, 1.54) is 4.90 Å². The Kier molecular flexibility index (Phi) is 4.84. The molecule has 112 valence electrons. The van der Waals surface area contributed by atoms with Gasteiger partial charge in [-0.3, -0.25) is 4.18 Å². The molecule has 2 atom stereocenters. The number of carboxylic acid groups (broad SMARTS) is 1. The lowest BCUT2D eigenvalue weighted by Gasteiger charge is -2.36. The van der Waals surface area contributed by atoms with Gasteiger partial charge in [0.2, 0.25) is 0 Å². The fraction of sp³-hybridized carbons (Fsp3) is 0.917. The summed E-state index contributed by atoms with van der Waals surface area (Å²) in [5.41, 5.74) is -0.229. The Morgan fingerprint density at radius 3 is 2.37 bits per heavy atom. The first-order chi connectivity index (χ1) is 8.50. The fourth-order valence-corrected chi connectivity index (χ4v) is 3.16. The molecule has 1 N–H and O–H groups in total. The first-order valence-electron chi connectivity index (χ1n) is 6.37. The highest BCUT2D eigenvalue weighted by Gasteiger charge is 2.38. The summed E-state index contributed by atoms with van der Waals surface area (Å²) in [5, 5.41) is 9.13. The van der Waals surface area contributed by atoms with E-state index in [9.17, 15) is 13.2 Å². The first kappa shape index (κ1) is 16.2. The second-order valence-corrected chi connectivity index (χ2v) is 7.78. The number of likely N-dealkylation sites (tertiary alicyclic amines) is 1. The van der Waals surface area contributed by atoms with Crippen LogP contribution in [0.1, 0.15) is 33.6 Å². The maximum Gasteiger partial charge on any atom is 0.407 e. The van der Waals surface area contributed by atoms with Crippen LogP contribution in [0.15, 0.2) is 0 Å². The average Bonchev–Trinajstić information content (AvgIpc) is 2.36. The summed E-state index contributed by atoms with van der Waals surface area (Å²) in [7, 11) is -3.54. The van der Waals surface area contributed by atoms with Crippen LogP contribution >= 0.6 is 0 Å². The Hall–Kier alpha value is -0.820. The van der Waals surface area contributed by atoms with Crippen molar-refractivity contribution in [1.29, 1.82) is 0 Å². The van der Waals surface area contributed by atoms with Crippen molar-refractivity contribution in [3.63, 3.8) is 0 Å². The van der Waals surface area contributed by atoms with Gasteiger partial charge in [0.05, 0.1) is 12.4 Å². The van der Waals surface area contributed by atoms with Gasteiger partial charge in [-0.1, -0.05) is 20.8 Å². The minimum atomic E-state index is -3.54. The molecule has 0 saturated carbocycles. The van der Waals surface area contributed by atoms with E-state index >= 15 is 0 Å². The number of nitrogens with zero attached hydrogens (tertiary/aromatic N) is 1. The fourth-order valence-electron chi connectivity index (χ4n) is 2.48. The maximum absolute atomic E-state index is 11.3. The summed E-state index contributed by atoms with van der Waals surface area (Å²) in [4.78, 5) is 12.5. The van der Waals surface area contributed by atoms with E-state index in [1.807, 2.05) is 20.8 Å². The van der Waals surface area contributed by atoms with E-state index in [0.717, 1.165) is 6.26 Å². The molecule has 0 aromatic rings. The van der Waals surface area contributed by atoms with E-state index < -0.39 is 22.3 Å². The number of carbonyl (C=O) groups is 1. The van der Waals surface area contributed by atoms with E-state index in [2.05, 4.69) is 0 Å². The van der Waals surface area contributed by atoms with Crippen molar-refractivity contribution in [3.05, 3.63) is 0 Å². The highest BCUT2D eigenvalue weighted by atomic mass is 32.2. The van der Waals surface area contributed by atoms with Crippen molar-refractivity contribution >= 4 is 16.2 Å². The summed E-state index contributed by atoms with van der Waals surface area (Å²) in [6.07, 6.45) is 0.776. The Balaban J connectivity index is 2.98. The standard InChI is InChI=1S/C12H23NO5S/c1-12(2,3)9-8-13(11(14)15)7-5-6-10(9)18-19(4,16)17/h9-10H,5-8H2,1-4H3,(H,14,15).